The smallest absolute Gasteiger partial charge is 0.123 e. The van der Waals surface area contributed by atoms with E-state index in [1.54, 1.807) is 7.11 Å². The topological polar surface area (TPSA) is 35.2 Å². The number of rotatable bonds is 1. The number of ether oxygens (including phenoxy) is 1. The molecule has 0 spiro atoms. The minimum atomic E-state index is 0. The number of halogens is 1. The summed E-state index contributed by atoms with van der Waals surface area (Å²) in [7, 11) is 1.70. The molecular weight excluding hydrogens is 186 g/mol. The van der Waals surface area contributed by atoms with Crippen LogP contribution in [-0.4, -0.2) is 7.11 Å². The third-order valence-corrected chi connectivity index (χ3v) is 2.47. The number of hydrogen-bond donors (Lipinski definition) is 1. The summed E-state index contributed by atoms with van der Waals surface area (Å²) in [5.41, 5.74) is 8.50. The van der Waals surface area contributed by atoms with Crippen molar-refractivity contribution < 1.29 is 4.74 Å². The molecule has 1 atom stereocenters. The van der Waals surface area contributed by atoms with E-state index in [2.05, 4.69) is 6.07 Å². The highest BCUT2D eigenvalue weighted by atomic mass is 35.5. The predicted octanol–water partition coefficient (Wildman–Crippen LogP) is 2.06. The van der Waals surface area contributed by atoms with E-state index < -0.39 is 0 Å². The van der Waals surface area contributed by atoms with Gasteiger partial charge in [-0.15, -0.1) is 12.4 Å². The predicted molar refractivity (Wildman–Crippen MR) is 55.5 cm³/mol. The van der Waals surface area contributed by atoms with E-state index in [-0.39, 0.29) is 18.4 Å². The standard InChI is InChI=1S/C10H13NO.ClH/c1-12-9-4-2-3-7-5-6-8(11)10(7)9;/h2-4,8H,5-6,11H2,1H3;1H/t8-;/m0./s1. The monoisotopic (exact) mass is 199 g/mol. The molecule has 0 saturated carbocycles. The van der Waals surface area contributed by atoms with Crippen molar-refractivity contribution in [3.63, 3.8) is 0 Å². The minimum absolute atomic E-state index is 0. The maximum Gasteiger partial charge on any atom is 0.123 e. The Kier molecular flexibility index (Phi) is 3.17. The fraction of sp³-hybridized carbons (Fsp3) is 0.400. The highest BCUT2D eigenvalue weighted by Gasteiger charge is 2.22. The average molecular weight is 200 g/mol. The molecule has 2 N–H and O–H groups in total. The second-order valence-corrected chi connectivity index (χ2v) is 3.18. The molecule has 13 heavy (non-hydrogen) atoms. The van der Waals surface area contributed by atoms with Gasteiger partial charge in [-0.2, -0.15) is 0 Å². The van der Waals surface area contributed by atoms with Gasteiger partial charge in [-0.1, -0.05) is 12.1 Å². The molecule has 0 bridgehead atoms. The van der Waals surface area contributed by atoms with Crippen molar-refractivity contribution in [3.8, 4) is 5.75 Å². The second kappa shape index (κ2) is 3.99. The van der Waals surface area contributed by atoms with Crippen LogP contribution in [0.1, 0.15) is 23.6 Å². The summed E-state index contributed by atoms with van der Waals surface area (Å²) in [5, 5.41) is 0. The highest BCUT2D eigenvalue weighted by molar-refractivity contribution is 5.85. The molecule has 0 aliphatic heterocycles. The van der Waals surface area contributed by atoms with Crippen LogP contribution >= 0.6 is 12.4 Å². The number of methoxy groups -OCH3 is 1. The SMILES string of the molecule is COc1cccc2c1[C@@H](N)CC2.Cl. The van der Waals surface area contributed by atoms with Gasteiger partial charge in [-0.05, 0) is 24.5 Å². The Hall–Kier alpha value is -0.730. The molecule has 2 nitrogen and oxygen atoms in total. The molecule has 0 heterocycles. The summed E-state index contributed by atoms with van der Waals surface area (Å²) in [6, 6.07) is 6.31. The molecule has 1 aliphatic rings. The van der Waals surface area contributed by atoms with Crippen molar-refractivity contribution in [3.05, 3.63) is 29.3 Å². The van der Waals surface area contributed by atoms with Gasteiger partial charge in [0.1, 0.15) is 5.75 Å². The average Bonchev–Trinajstić information content (AvgIpc) is 2.48. The van der Waals surface area contributed by atoms with Crippen molar-refractivity contribution in [2.45, 2.75) is 18.9 Å². The molecule has 0 amide bonds. The van der Waals surface area contributed by atoms with E-state index >= 15 is 0 Å². The number of fused-ring (bicyclic) bond motifs is 1. The minimum Gasteiger partial charge on any atom is -0.496 e. The zero-order chi connectivity index (χ0) is 8.55. The maximum absolute atomic E-state index is 5.94. The van der Waals surface area contributed by atoms with Crippen molar-refractivity contribution >= 4 is 12.4 Å². The van der Waals surface area contributed by atoms with Crippen LogP contribution in [0.5, 0.6) is 5.75 Å². The van der Waals surface area contributed by atoms with Crippen molar-refractivity contribution in [2.24, 2.45) is 5.73 Å². The first-order valence-corrected chi connectivity index (χ1v) is 4.24. The highest BCUT2D eigenvalue weighted by Crippen LogP contribution is 2.35. The van der Waals surface area contributed by atoms with Gasteiger partial charge in [0.05, 0.1) is 7.11 Å². The Morgan fingerprint density at radius 3 is 2.92 bits per heavy atom. The Balaban J connectivity index is 0.000000845. The molecular formula is C10H14ClNO. The van der Waals surface area contributed by atoms with E-state index in [0.717, 1.165) is 18.6 Å². The van der Waals surface area contributed by atoms with Crippen LogP contribution in [0.15, 0.2) is 18.2 Å². The van der Waals surface area contributed by atoms with Gasteiger partial charge in [-0.25, -0.2) is 0 Å². The van der Waals surface area contributed by atoms with Crippen LogP contribution in [0, 0.1) is 0 Å². The summed E-state index contributed by atoms with van der Waals surface area (Å²) < 4.78 is 5.25. The first-order chi connectivity index (χ1) is 5.83. The lowest BCUT2D eigenvalue weighted by Gasteiger charge is -2.09. The lowest BCUT2D eigenvalue weighted by molar-refractivity contribution is 0.407. The normalized spacial score (nSPS) is 19.1. The first-order valence-electron chi connectivity index (χ1n) is 4.24. The summed E-state index contributed by atoms with van der Waals surface area (Å²) in [6.07, 6.45) is 2.14. The Bertz CT molecular complexity index is 301. The fourth-order valence-corrected chi connectivity index (χ4v) is 1.86. The van der Waals surface area contributed by atoms with E-state index in [1.807, 2.05) is 12.1 Å². The molecule has 2 rings (SSSR count). The molecule has 0 unspecified atom stereocenters. The van der Waals surface area contributed by atoms with Gasteiger partial charge in [0.25, 0.3) is 0 Å². The molecule has 72 valence electrons. The molecule has 3 heteroatoms. The molecule has 1 aromatic carbocycles. The Morgan fingerprint density at radius 2 is 2.23 bits per heavy atom. The third-order valence-electron chi connectivity index (χ3n) is 2.47. The number of hydrogen-bond acceptors (Lipinski definition) is 2. The van der Waals surface area contributed by atoms with Gasteiger partial charge in [-0.3, -0.25) is 0 Å². The molecule has 0 aromatic heterocycles. The summed E-state index contributed by atoms with van der Waals surface area (Å²) in [4.78, 5) is 0. The third kappa shape index (κ3) is 1.64. The van der Waals surface area contributed by atoms with Crippen LogP contribution in [0.4, 0.5) is 0 Å². The number of nitrogens with two attached hydrogens (primary N) is 1. The van der Waals surface area contributed by atoms with E-state index in [4.69, 9.17) is 10.5 Å². The van der Waals surface area contributed by atoms with Gasteiger partial charge in [0, 0.05) is 11.6 Å². The van der Waals surface area contributed by atoms with Crippen molar-refractivity contribution in [1.29, 1.82) is 0 Å². The van der Waals surface area contributed by atoms with Crippen LogP contribution in [0.3, 0.4) is 0 Å². The lowest BCUT2D eigenvalue weighted by Crippen LogP contribution is -2.06. The van der Waals surface area contributed by atoms with E-state index in [0.29, 0.717) is 0 Å². The van der Waals surface area contributed by atoms with Crippen molar-refractivity contribution in [1.82, 2.24) is 0 Å². The van der Waals surface area contributed by atoms with Gasteiger partial charge in [0.15, 0.2) is 0 Å². The fourth-order valence-electron chi connectivity index (χ4n) is 1.86. The van der Waals surface area contributed by atoms with Gasteiger partial charge >= 0.3 is 0 Å². The van der Waals surface area contributed by atoms with E-state index in [9.17, 15) is 0 Å². The number of benzene rings is 1. The summed E-state index contributed by atoms with van der Waals surface area (Å²) in [6.45, 7) is 0. The lowest BCUT2D eigenvalue weighted by atomic mass is 10.1. The molecule has 0 fully saturated rings. The molecule has 0 radical (unpaired) electrons. The van der Waals surface area contributed by atoms with Crippen LogP contribution in [0.2, 0.25) is 0 Å². The Morgan fingerprint density at radius 1 is 1.46 bits per heavy atom. The molecule has 1 aliphatic carbocycles. The molecule has 1 aromatic rings. The first kappa shape index (κ1) is 10.4. The summed E-state index contributed by atoms with van der Waals surface area (Å²) in [5.74, 6) is 0.942. The largest absolute Gasteiger partial charge is 0.496 e. The van der Waals surface area contributed by atoms with Gasteiger partial charge < -0.3 is 10.5 Å². The number of aryl methyl sites for hydroxylation is 1. The quantitative estimate of drug-likeness (QED) is 0.752. The molecule has 0 saturated heterocycles. The maximum atomic E-state index is 5.94. The van der Waals surface area contributed by atoms with E-state index in [1.165, 1.54) is 11.1 Å². The van der Waals surface area contributed by atoms with Gasteiger partial charge in [0.2, 0.25) is 0 Å². The van der Waals surface area contributed by atoms with Crippen LogP contribution < -0.4 is 10.5 Å². The van der Waals surface area contributed by atoms with Crippen LogP contribution in [0.25, 0.3) is 0 Å². The second-order valence-electron chi connectivity index (χ2n) is 3.18. The van der Waals surface area contributed by atoms with Crippen LogP contribution in [-0.2, 0) is 6.42 Å². The zero-order valence-corrected chi connectivity index (χ0v) is 8.43. The van der Waals surface area contributed by atoms with Crippen molar-refractivity contribution in [2.75, 3.05) is 7.11 Å². The zero-order valence-electron chi connectivity index (χ0n) is 7.62. The summed E-state index contributed by atoms with van der Waals surface area (Å²) >= 11 is 0. The Labute approximate surface area is 84.5 Å².